The zero-order valence-electron chi connectivity index (χ0n) is 17.0. The van der Waals surface area contributed by atoms with Crippen molar-refractivity contribution in [3.8, 4) is 0 Å². The molecule has 1 amide bonds. The number of piperazine rings is 1. The van der Waals surface area contributed by atoms with Gasteiger partial charge in [0.1, 0.15) is 10.7 Å². The maximum atomic E-state index is 13.2. The van der Waals surface area contributed by atoms with E-state index in [-0.39, 0.29) is 33.9 Å². The number of sulfonamides is 1. The molecule has 1 aromatic heterocycles. The van der Waals surface area contributed by atoms with Crippen LogP contribution in [0, 0.1) is 0 Å². The van der Waals surface area contributed by atoms with Crippen molar-refractivity contribution >= 4 is 45.0 Å². The highest BCUT2D eigenvalue weighted by atomic mass is 35.5. The summed E-state index contributed by atoms with van der Waals surface area (Å²) in [7, 11) is -3.80. The van der Waals surface area contributed by atoms with Crippen molar-refractivity contribution in [3.63, 3.8) is 0 Å². The number of benzene rings is 1. The SMILES string of the molecule is O=C(c1cccnc1N1CCCCC1)N1CCN(S(=O)(=O)c2cccc(Cl)c2Cl)CC1. The topological polar surface area (TPSA) is 73.8 Å². The van der Waals surface area contributed by atoms with Gasteiger partial charge in [0.05, 0.1) is 15.6 Å². The maximum absolute atomic E-state index is 13.2. The van der Waals surface area contributed by atoms with Crippen LogP contribution in [0.15, 0.2) is 41.4 Å². The quantitative estimate of drug-likeness (QED) is 0.666. The minimum absolute atomic E-state index is 0.0129. The minimum Gasteiger partial charge on any atom is -0.356 e. The van der Waals surface area contributed by atoms with E-state index in [1.807, 2.05) is 0 Å². The molecule has 2 aromatic rings. The minimum atomic E-state index is -3.80. The molecule has 2 aliphatic heterocycles. The third-order valence-electron chi connectivity index (χ3n) is 5.73. The average molecular weight is 483 g/mol. The van der Waals surface area contributed by atoms with Crippen molar-refractivity contribution in [3.05, 3.63) is 52.1 Å². The van der Waals surface area contributed by atoms with Gasteiger partial charge in [0.2, 0.25) is 10.0 Å². The Labute approximate surface area is 192 Å². The van der Waals surface area contributed by atoms with Gasteiger partial charge in [0.25, 0.3) is 5.91 Å². The highest BCUT2D eigenvalue weighted by Gasteiger charge is 2.33. The number of carbonyl (C=O) groups excluding carboxylic acids is 1. The molecule has 2 fully saturated rings. The smallest absolute Gasteiger partial charge is 0.257 e. The Kier molecular flexibility index (Phi) is 6.71. The Morgan fingerprint density at radius 3 is 2.32 bits per heavy atom. The molecule has 10 heteroatoms. The van der Waals surface area contributed by atoms with Gasteiger partial charge in [-0.25, -0.2) is 13.4 Å². The first-order valence-corrected chi connectivity index (χ1v) is 12.5. The van der Waals surface area contributed by atoms with Crippen molar-refractivity contribution < 1.29 is 13.2 Å². The van der Waals surface area contributed by atoms with E-state index in [1.54, 1.807) is 35.4 Å². The molecule has 0 aliphatic carbocycles. The molecule has 0 atom stereocenters. The van der Waals surface area contributed by atoms with Gasteiger partial charge in [-0.05, 0) is 43.5 Å². The number of anilines is 1. The van der Waals surface area contributed by atoms with Crippen LogP contribution in [0.4, 0.5) is 5.82 Å². The number of halogens is 2. The molecular weight excluding hydrogens is 459 g/mol. The third kappa shape index (κ3) is 4.53. The molecule has 2 saturated heterocycles. The van der Waals surface area contributed by atoms with E-state index in [1.165, 1.54) is 16.8 Å². The van der Waals surface area contributed by atoms with E-state index in [9.17, 15) is 13.2 Å². The molecule has 31 heavy (non-hydrogen) atoms. The Bertz CT molecular complexity index is 1070. The van der Waals surface area contributed by atoms with Crippen LogP contribution < -0.4 is 4.90 Å². The van der Waals surface area contributed by atoms with Gasteiger partial charge in [-0.2, -0.15) is 4.31 Å². The van der Waals surface area contributed by atoms with Crippen LogP contribution in [0.1, 0.15) is 29.6 Å². The summed E-state index contributed by atoms with van der Waals surface area (Å²) in [4.78, 5) is 21.6. The van der Waals surface area contributed by atoms with E-state index in [2.05, 4.69) is 9.88 Å². The predicted octanol–water partition coefficient (Wildman–Crippen LogP) is 3.53. The Morgan fingerprint density at radius 1 is 0.903 bits per heavy atom. The monoisotopic (exact) mass is 482 g/mol. The molecule has 0 spiro atoms. The molecule has 0 saturated carbocycles. The summed E-state index contributed by atoms with van der Waals surface area (Å²) in [5, 5.41) is 0.211. The van der Waals surface area contributed by atoms with Gasteiger partial charge < -0.3 is 9.80 Å². The number of pyridine rings is 1. The summed E-state index contributed by atoms with van der Waals surface area (Å²) in [5.74, 6) is 0.597. The number of carbonyl (C=O) groups is 1. The highest BCUT2D eigenvalue weighted by Crippen LogP contribution is 2.31. The molecule has 0 radical (unpaired) electrons. The van der Waals surface area contributed by atoms with Gasteiger partial charge in [-0.1, -0.05) is 29.3 Å². The number of amides is 1. The Balaban J connectivity index is 1.48. The van der Waals surface area contributed by atoms with Gasteiger partial charge in [-0.3, -0.25) is 4.79 Å². The average Bonchev–Trinajstić information content (AvgIpc) is 2.81. The molecular formula is C21H24Cl2N4O3S. The second kappa shape index (κ2) is 9.32. The van der Waals surface area contributed by atoms with Gasteiger partial charge >= 0.3 is 0 Å². The van der Waals surface area contributed by atoms with Crippen LogP contribution in [0.2, 0.25) is 10.0 Å². The van der Waals surface area contributed by atoms with Crippen LogP contribution >= 0.6 is 23.2 Å². The zero-order chi connectivity index (χ0) is 22.0. The first-order chi connectivity index (χ1) is 14.9. The largest absolute Gasteiger partial charge is 0.356 e. The number of hydrogen-bond acceptors (Lipinski definition) is 5. The van der Waals surface area contributed by atoms with Crippen LogP contribution in [-0.4, -0.2) is 67.8 Å². The highest BCUT2D eigenvalue weighted by molar-refractivity contribution is 7.89. The van der Waals surface area contributed by atoms with Crippen LogP contribution in [0.3, 0.4) is 0 Å². The van der Waals surface area contributed by atoms with E-state index < -0.39 is 10.0 Å². The standard InChI is InChI=1S/C21H24Cl2N4O3S/c22-17-7-4-8-18(19(17)23)31(29,30)27-14-12-26(13-15-27)21(28)16-6-5-9-24-20(16)25-10-2-1-3-11-25/h4-9H,1-3,10-15H2. The summed E-state index contributed by atoms with van der Waals surface area (Å²) in [5.41, 5.74) is 0.568. The Morgan fingerprint density at radius 2 is 1.61 bits per heavy atom. The Hall–Kier alpha value is -1.87. The lowest BCUT2D eigenvalue weighted by Crippen LogP contribution is -2.50. The number of rotatable bonds is 4. The van der Waals surface area contributed by atoms with E-state index in [4.69, 9.17) is 23.2 Å². The summed E-state index contributed by atoms with van der Waals surface area (Å²) in [6.45, 7) is 2.76. The second-order valence-electron chi connectivity index (χ2n) is 7.67. The normalized spacial score (nSPS) is 18.3. The fourth-order valence-electron chi connectivity index (χ4n) is 4.05. The molecule has 3 heterocycles. The number of nitrogens with zero attached hydrogens (tertiary/aromatic N) is 4. The second-order valence-corrected chi connectivity index (χ2v) is 10.4. The molecule has 166 valence electrons. The fraction of sp³-hybridized carbons (Fsp3) is 0.429. The molecule has 2 aliphatic rings. The van der Waals surface area contributed by atoms with Crippen LogP contribution in [0.25, 0.3) is 0 Å². The number of aromatic nitrogens is 1. The summed E-state index contributed by atoms with van der Waals surface area (Å²) >= 11 is 12.1. The van der Waals surface area contributed by atoms with E-state index in [0.717, 1.165) is 25.9 Å². The van der Waals surface area contributed by atoms with Gasteiger partial charge in [0.15, 0.2) is 0 Å². The van der Waals surface area contributed by atoms with Gasteiger partial charge in [0, 0.05) is 45.5 Å². The van der Waals surface area contributed by atoms with E-state index in [0.29, 0.717) is 24.5 Å². The molecule has 7 nitrogen and oxygen atoms in total. The number of hydrogen-bond donors (Lipinski definition) is 0. The van der Waals surface area contributed by atoms with Gasteiger partial charge in [-0.15, -0.1) is 0 Å². The molecule has 1 aromatic carbocycles. The molecule has 4 rings (SSSR count). The van der Waals surface area contributed by atoms with Crippen molar-refractivity contribution in [2.24, 2.45) is 0 Å². The molecule has 0 bridgehead atoms. The van der Waals surface area contributed by atoms with Crippen LogP contribution in [-0.2, 0) is 10.0 Å². The van der Waals surface area contributed by atoms with Crippen molar-refractivity contribution in [1.29, 1.82) is 0 Å². The lowest BCUT2D eigenvalue weighted by molar-refractivity contribution is 0.0698. The molecule has 0 unspecified atom stereocenters. The van der Waals surface area contributed by atoms with Crippen LogP contribution in [0.5, 0.6) is 0 Å². The predicted molar refractivity (Wildman–Crippen MR) is 121 cm³/mol. The zero-order valence-corrected chi connectivity index (χ0v) is 19.3. The first kappa shape index (κ1) is 22.3. The summed E-state index contributed by atoms with van der Waals surface area (Å²) in [6.07, 6.45) is 5.08. The van der Waals surface area contributed by atoms with E-state index >= 15 is 0 Å². The third-order valence-corrected chi connectivity index (χ3v) is 8.60. The summed E-state index contributed by atoms with van der Waals surface area (Å²) < 4.78 is 27.4. The lowest BCUT2D eigenvalue weighted by atomic mass is 10.1. The fourth-order valence-corrected chi connectivity index (χ4v) is 6.20. The summed E-state index contributed by atoms with van der Waals surface area (Å²) in [6, 6.07) is 8.12. The lowest BCUT2D eigenvalue weighted by Gasteiger charge is -2.35. The maximum Gasteiger partial charge on any atom is 0.257 e. The van der Waals surface area contributed by atoms with Crippen molar-refractivity contribution in [2.45, 2.75) is 24.2 Å². The first-order valence-electron chi connectivity index (χ1n) is 10.3. The number of piperidine rings is 1. The molecule has 0 N–H and O–H groups in total. The van der Waals surface area contributed by atoms with Crippen molar-refractivity contribution in [2.75, 3.05) is 44.2 Å². The van der Waals surface area contributed by atoms with Crippen molar-refractivity contribution in [1.82, 2.24) is 14.2 Å².